The van der Waals surface area contributed by atoms with Crippen molar-refractivity contribution in [1.82, 2.24) is 10.3 Å². The predicted octanol–water partition coefficient (Wildman–Crippen LogP) is 3.24. The van der Waals surface area contributed by atoms with Gasteiger partial charge in [0.05, 0.1) is 11.1 Å². The number of carbonyl (C=O) groups excluding carboxylic acids is 1. The molecule has 3 aromatic rings. The van der Waals surface area contributed by atoms with Crippen LogP contribution in [-0.2, 0) is 6.54 Å². The molecule has 2 aromatic carbocycles. The second-order valence-corrected chi connectivity index (χ2v) is 4.56. The minimum atomic E-state index is -0.281. The summed E-state index contributed by atoms with van der Waals surface area (Å²) < 4.78 is 12.8. The first-order chi connectivity index (χ1) is 9.74. The van der Waals surface area contributed by atoms with Crippen molar-refractivity contribution in [3.63, 3.8) is 0 Å². The van der Waals surface area contributed by atoms with Gasteiger partial charge in [0.25, 0.3) is 5.91 Å². The summed E-state index contributed by atoms with van der Waals surface area (Å²) in [4.78, 5) is 15.3. The zero-order valence-corrected chi connectivity index (χ0v) is 10.7. The van der Waals surface area contributed by atoms with Gasteiger partial charge in [0.1, 0.15) is 5.82 Å². The number of aromatic amines is 1. The summed E-state index contributed by atoms with van der Waals surface area (Å²) >= 11 is 0. The minimum Gasteiger partial charge on any atom is -0.361 e. The van der Waals surface area contributed by atoms with Crippen LogP contribution in [0.1, 0.15) is 15.9 Å². The van der Waals surface area contributed by atoms with E-state index in [-0.39, 0.29) is 11.7 Å². The highest BCUT2D eigenvalue weighted by Crippen LogP contribution is 2.16. The molecule has 0 aliphatic rings. The normalized spacial score (nSPS) is 10.7. The molecule has 1 amide bonds. The van der Waals surface area contributed by atoms with E-state index in [2.05, 4.69) is 10.3 Å². The van der Waals surface area contributed by atoms with Crippen LogP contribution in [0, 0.1) is 5.82 Å². The highest BCUT2D eigenvalue weighted by Gasteiger charge is 2.10. The van der Waals surface area contributed by atoms with Crippen molar-refractivity contribution in [2.75, 3.05) is 0 Å². The summed E-state index contributed by atoms with van der Waals surface area (Å²) in [6.45, 7) is 0.371. The first-order valence-electron chi connectivity index (χ1n) is 6.33. The van der Waals surface area contributed by atoms with Crippen LogP contribution in [0.2, 0.25) is 0 Å². The van der Waals surface area contributed by atoms with E-state index in [4.69, 9.17) is 0 Å². The van der Waals surface area contributed by atoms with Gasteiger partial charge in [0.2, 0.25) is 0 Å². The molecule has 100 valence electrons. The molecule has 3 rings (SSSR count). The van der Waals surface area contributed by atoms with Gasteiger partial charge >= 0.3 is 0 Å². The fraction of sp³-hybridized carbons (Fsp3) is 0.0625. The fourth-order valence-electron chi connectivity index (χ4n) is 2.15. The molecule has 2 N–H and O–H groups in total. The summed E-state index contributed by atoms with van der Waals surface area (Å²) in [5.74, 6) is -0.432. The molecular weight excluding hydrogens is 255 g/mol. The molecule has 0 radical (unpaired) electrons. The van der Waals surface area contributed by atoms with Crippen molar-refractivity contribution < 1.29 is 9.18 Å². The third-order valence-corrected chi connectivity index (χ3v) is 3.20. The molecule has 1 heterocycles. The van der Waals surface area contributed by atoms with Gasteiger partial charge in [-0.05, 0) is 29.8 Å². The SMILES string of the molecule is O=C(NCc1ccc(F)cc1)c1cccc2cc[nH]c12. The van der Waals surface area contributed by atoms with Gasteiger partial charge < -0.3 is 10.3 Å². The number of hydrogen-bond donors (Lipinski definition) is 2. The summed E-state index contributed by atoms with van der Waals surface area (Å²) in [7, 11) is 0. The van der Waals surface area contributed by atoms with Gasteiger partial charge in [-0.3, -0.25) is 4.79 Å². The lowest BCUT2D eigenvalue weighted by Gasteiger charge is -2.06. The van der Waals surface area contributed by atoms with E-state index in [0.717, 1.165) is 16.5 Å². The molecule has 4 heteroatoms. The largest absolute Gasteiger partial charge is 0.361 e. The molecule has 0 saturated carbocycles. The van der Waals surface area contributed by atoms with Crippen LogP contribution in [0.15, 0.2) is 54.7 Å². The fourth-order valence-corrected chi connectivity index (χ4v) is 2.15. The number of rotatable bonds is 3. The van der Waals surface area contributed by atoms with E-state index in [0.29, 0.717) is 12.1 Å². The number of aromatic nitrogens is 1. The number of fused-ring (bicyclic) bond motifs is 1. The molecule has 0 unspecified atom stereocenters. The minimum absolute atomic E-state index is 0.151. The Kier molecular flexibility index (Phi) is 3.21. The Labute approximate surface area is 115 Å². The lowest BCUT2D eigenvalue weighted by Crippen LogP contribution is -2.23. The number of amides is 1. The smallest absolute Gasteiger partial charge is 0.253 e. The number of benzene rings is 2. The Morgan fingerprint density at radius 2 is 1.90 bits per heavy atom. The Morgan fingerprint density at radius 1 is 1.10 bits per heavy atom. The lowest BCUT2D eigenvalue weighted by molar-refractivity contribution is 0.0952. The lowest BCUT2D eigenvalue weighted by atomic mass is 10.1. The molecule has 0 fully saturated rings. The van der Waals surface area contributed by atoms with Crippen molar-refractivity contribution in [2.45, 2.75) is 6.54 Å². The van der Waals surface area contributed by atoms with Crippen LogP contribution in [-0.4, -0.2) is 10.9 Å². The van der Waals surface area contributed by atoms with Crippen molar-refractivity contribution >= 4 is 16.8 Å². The summed E-state index contributed by atoms with van der Waals surface area (Å²) in [6.07, 6.45) is 1.81. The van der Waals surface area contributed by atoms with Crippen LogP contribution < -0.4 is 5.32 Å². The van der Waals surface area contributed by atoms with Crippen LogP contribution in [0.4, 0.5) is 4.39 Å². The monoisotopic (exact) mass is 268 g/mol. The third-order valence-electron chi connectivity index (χ3n) is 3.20. The van der Waals surface area contributed by atoms with Crippen molar-refractivity contribution in [3.05, 3.63) is 71.7 Å². The standard InChI is InChI=1S/C16H13FN2O/c17-13-6-4-11(5-7-13)10-19-16(20)14-3-1-2-12-8-9-18-15(12)14/h1-9,18H,10H2,(H,19,20). The van der Waals surface area contributed by atoms with Gasteiger partial charge in [0, 0.05) is 18.1 Å². The Balaban J connectivity index is 1.76. The zero-order chi connectivity index (χ0) is 13.9. The van der Waals surface area contributed by atoms with Gasteiger partial charge in [-0.25, -0.2) is 4.39 Å². The van der Waals surface area contributed by atoms with Gasteiger partial charge in [-0.2, -0.15) is 0 Å². The van der Waals surface area contributed by atoms with Crippen LogP contribution >= 0.6 is 0 Å². The number of H-pyrrole nitrogens is 1. The average molecular weight is 268 g/mol. The second kappa shape index (κ2) is 5.17. The van der Waals surface area contributed by atoms with Gasteiger partial charge in [-0.15, -0.1) is 0 Å². The summed E-state index contributed by atoms with van der Waals surface area (Å²) in [6, 6.07) is 13.6. The van der Waals surface area contributed by atoms with Gasteiger partial charge in [-0.1, -0.05) is 24.3 Å². The third kappa shape index (κ3) is 2.40. The molecule has 0 aliphatic heterocycles. The maximum absolute atomic E-state index is 12.8. The predicted molar refractivity (Wildman–Crippen MR) is 75.9 cm³/mol. The van der Waals surface area contributed by atoms with E-state index in [1.165, 1.54) is 12.1 Å². The van der Waals surface area contributed by atoms with E-state index < -0.39 is 0 Å². The molecular formula is C16H13FN2O. The van der Waals surface area contributed by atoms with Crippen LogP contribution in [0.5, 0.6) is 0 Å². The highest BCUT2D eigenvalue weighted by molar-refractivity contribution is 6.05. The van der Waals surface area contributed by atoms with E-state index in [1.807, 2.05) is 18.2 Å². The molecule has 0 saturated heterocycles. The van der Waals surface area contributed by atoms with E-state index >= 15 is 0 Å². The maximum Gasteiger partial charge on any atom is 0.253 e. The summed E-state index contributed by atoms with van der Waals surface area (Å²) in [5.41, 5.74) is 2.29. The van der Waals surface area contributed by atoms with Crippen LogP contribution in [0.3, 0.4) is 0 Å². The topological polar surface area (TPSA) is 44.9 Å². The Bertz CT molecular complexity index is 747. The number of para-hydroxylation sites is 1. The van der Waals surface area contributed by atoms with Crippen molar-refractivity contribution in [1.29, 1.82) is 0 Å². The molecule has 0 aliphatic carbocycles. The first-order valence-corrected chi connectivity index (χ1v) is 6.33. The molecule has 20 heavy (non-hydrogen) atoms. The number of carbonyl (C=O) groups is 1. The molecule has 1 aromatic heterocycles. The average Bonchev–Trinajstić information content (AvgIpc) is 2.94. The van der Waals surface area contributed by atoms with Crippen molar-refractivity contribution in [2.24, 2.45) is 0 Å². The zero-order valence-electron chi connectivity index (χ0n) is 10.7. The maximum atomic E-state index is 12.8. The van der Waals surface area contributed by atoms with Crippen molar-refractivity contribution in [3.8, 4) is 0 Å². The Morgan fingerprint density at radius 3 is 2.70 bits per heavy atom. The number of halogens is 1. The number of hydrogen-bond acceptors (Lipinski definition) is 1. The molecule has 0 bridgehead atoms. The molecule has 0 atom stereocenters. The quantitative estimate of drug-likeness (QED) is 0.752. The molecule has 3 nitrogen and oxygen atoms in total. The second-order valence-electron chi connectivity index (χ2n) is 4.56. The Hall–Kier alpha value is -2.62. The van der Waals surface area contributed by atoms with Gasteiger partial charge in [0.15, 0.2) is 0 Å². The summed E-state index contributed by atoms with van der Waals surface area (Å²) in [5, 5.41) is 3.83. The van der Waals surface area contributed by atoms with Crippen LogP contribution in [0.25, 0.3) is 10.9 Å². The highest BCUT2D eigenvalue weighted by atomic mass is 19.1. The number of nitrogens with one attached hydrogen (secondary N) is 2. The first kappa shape index (κ1) is 12.4. The molecule has 0 spiro atoms. The van der Waals surface area contributed by atoms with E-state index in [9.17, 15) is 9.18 Å². The van der Waals surface area contributed by atoms with E-state index in [1.54, 1.807) is 24.4 Å².